The lowest BCUT2D eigenvalue weighted by atomic mass is 9.83. The average molecular weight is 579 g/mol. The van der Waals surface area contributed by atoms with Crippen molar-refractivity contribution in [2.45, 2.75) is 69.6 Å². The Morgan fingerprint density at radius 3 is 2.17 bits per heavy atom. The summed E-state index contributed by atoms with van der Waals surface area (Å²) in [5, 5.41) is 20.1. The molecule has 3 N–H and O–H groups in total. The van der Waals surface area contributed by atoms with Crippen molar-refractivity contribution in [3.63, 3.8) is 0 Å². The van der Waals surface area contributed by atoms with E-state index in [1.54, 1.807) is 21.0 Å². The molecule has 0 bridgehead atoms. The van der Waals surface area contributed by atoms with Gasteiger partial charge in [0, 0.05) is 6.42 Å². The second-order valence-electron chi connectivity index (χ2n) is 11.3. The van der Waals surface area contributed by atoms with Crippen LogP contribution in [0.5, 0.6) is 5.75 Å². The lowest BCUT2D eigenvalue weighted by Crippen LogP contribution is -2.21. The second kappa shape index (κ2) is 11.4. The van der Waals surface area contributed by atoms with Gasteiger partial charge in [-0.05, 0) is 82.5 Å². The van der Waals surface area contributed by atoms with Crippen LogP contribution < -0.4 is 9.88 Å². The van der Waals surface area contributed by atoms with E-state index in [2.05, 4.69) is 69.1 Å². The fourth-order valence-corrected chi connectivity index (χ4v) is 7.17. The van der Waals surface area contributed by atoms with Crippen molar-refractivity contribution in [3.8, 4) is 16.9 Å². The summed E-state index contributed by atoms with van der Waals surface area (Å²) in [6.07, 6.45) is 1.49. The van der Waals surface area contributed by atoms with Gasteiger partial charge in [0.05, 0.1) is 28.4 Å². The van der Waals surface area contributed by atoms with Crippen molar-refractivity contribution >= 4 is 43.0 Å². The standard InChI is InChI=1S/C32H38N2O4S2/c1-19(2)27-14-24(22-8-9-23-13-26(38-7)11-10-21(23)12-22)15-28(20(3)4)29(27)16-25(35)18-40(33,37)30-17-34-31(39-30)32(5,6)36/h8-15,17-20,36H,16H2,1-7H3,(H2,33,37). The number of methoxy groups -OCH3 is 1. The fraction of sp³-hybridized carbons (Fsp3) is 0.344. The highest BCUT2D eigenvalue weighted by Gasteiger charge is 2.24. The summed E-state index contributed by atoms with van der Waals surface area (Å²) in [5.74, 6) is 0.859. The van der Waals surface area contributed by atoms with E-state index in [0.29, 0.717) is 5.01 Å². The first-order chi connectivity index (χ1) is 18.7. The molecule has 0 aliphatic rings. The third-order valence-electron chi connectivity index (χ3n) is 6.92. The Hall–Kier alpha value is -3.04. The number of nitrogens with two attached hydrogens (primary N) is 1. The van der Waals surface area contributed by atoms with Gasteiger partial charge in [0.25, 0.3) is 0 Å². The highest BCUT2D eigenvalue weighted by molar-refractivity contribution is 8.02. The van der Waals surface area contributed by atoms with Crippen LogP contribution in [0.1, 0.15) is 75.1 Å². The Morgan fingerprint density at radius 1 is 1.02 bits per heavy atom. The van der Waals surface area contributed by atoms with Gasteiger partial charge < -0.3 is 9.84 Å². The molecule has 8 heteroatoms. The highest BCUT2D eigenvalue weighted by atomic mass is 32.2. The minimum absolute atomic E-state index is 0.101. The van der Waals surface area contributed by atoms with E-state index in [0.717, 1.165) is 61.0 Å². The number of hydrogen-bond donors (Lipinski definition) is 2. The maximum atomic E-state index is 13.3. The van der Waals surface area contributed by atoms with Crippen molar-refractivity contribution < 1.29 is 18.8 Å². The molecule has 6 nitrogen and oxygen atoms in total. The number of hydrogen-bond acceptors (Lipinski definition) is 6. The van der Waals surface area contributed by atoms with Crippen LogP contribution in [-0.4, -0.2) is 32.6 Å². The molecule has 1 aromatic heterocycles. The summed E-state index contributed by atoms with van der Waals surface area (Å²) in [4.78, 5) is 17.5. The molecule has 1 atom stereocenters. The lowest BCUT2D eigenvalue weighted by molar-refractivity contribution is -0.111. The maximum absolute atomic E-state index is 13.3. The number of Topliss-reactive ketones (excluding diaryl/α,β-unsaturated/α-hetero) is 1. The van der Waals surface area contributed by atoms with Crippen LogP contribution in [0.4, 0.5) is 0 Å². The van der Waals surface area contributed by atoms with Gasteiger partial charge >= 0.3 is 0 Å². The minimum atomic E-state index is -3.25. The van der Waals surface area contributed by atoms with Gasteiger partial charge in [-0.15, -0.1) is 11.3 Å². The summed E-state index contributed by atoms with van der Waals surface area (Å²) < 4.78 is 19.0. The van der Waals surface area contributed by atoms with Crippen molar-refractivity contribution in [2.75, 3.05) is 7.11 Å². The van der Waals surface area contributed by atoms with E-state index in [1.807, 2.05) is 12.1 Å². The number of aliphatic hydroxyl groups is 1. The molecular formula is C32H38N2O4S2. The number of ether oxygens (including phenoxy) is 1. The average Bonchev–Trinajstić information content (AvgIpc) is 3.40. The van der Waals surface area contributed by atoms with Gasteiger partial charge in [-0.2, -0.15) is 0 Å². The summed E-state index contributed by atoms with van der Waals surface area (Å²) >= 11 is 1.06. The third-order valence-corrected chi connectivity index (χ3v) is 10.4. The van der Waals surface area contributed by atoms with E-state index in [-0.39, 0.29) is 28.2 Å². The lowest BCUT2D eigenvalue weighted by Gasteiger charge is -2.21. The summed E-state index contributed by atoms with van der Waals surface area (Å²) in [6.45, 7) is 11.7. The zero-order chi connectivity index (χ0) is 29.4. The van der Waals surface area contributed by atoms with Crippen molar-refractivity contribution in [1.82, 2.24) is 4.98 Å². The minimum Gasteiger partial charge on any atom is -0.497 e. The van der Waals surface area contributed by atoms with Gasteiger partial charge in [-0.3, -0.25) is 9.93 Å². The molecule has 212 valence electrons. The predicted molar refractivity (Wildman–Crippen MR) is 167 cm³/mol. The van der Waals surface area contributed by atoms with Crippen LogP contribution in [0.15, 0.2) is 58.9 Å². The maximum Gasteiger partial charge on any atom is 0.169 e. The van der Waals surface area contributed by atoms with E-state index in [1.165, 1.54) is 6.20 Å². The molecule has 1 unspecified atom stereocenters. The number of rotatable bonds is 9. The molecule has 0 aliphatic heterocycles. The molecule has 0 aliphatic carbocycles. The molecular weight excluding hydrogens is 540 g/mol. The number of fused-ring (bicyclic) bond motifs is 1. The summed E-state index contributed by atoms with van der Waals surface area (Å²) in [6, 6.07) is 16.8. The number of thiazole rings is 1. The number of ketones is 1. The van der Waals surface area contributed by atoms with Crippen LogP contribution in [-0.2, 0) is 26.5 Å². The summed E-state index contributed by atoms with van der Waals surface area (Å²) in [7, 11) is -1.58. The quantitative estimate of drug-likeness (QED) is 0.219. The van der Waals surface area contributed by atoms with Gasteiger partial charge in [0.15, 0.2) is 5.78 Å². The Labute approximate surface area is 241 Å². The Balaban J connectivity index is 1.74. The first-order valence-corrected chi connectivity index (χ1v) is 15.8. The highest BCUT2D eigenvalue weighted by Crippen LogP contribution is 2.35. The fourth-order valence-electron chi connectivity index (χ4n) is 4.81. The topological polar surface area (TPSA) is 103 Å². The van der Waals surface area contributed by atoms with Gasteiger partial charge in [-0.25, -0.2) is 9.19 Å². The number of carbonyl (C=O) groups is 1. The van der Waals surface area contributed by atoms with Crippen LogP contribution in [0.2, 0.25) is 0 Å². The third kappa shape index (κ3) is 6.47. The van der Waals surface area contributed by atoms with Crippen LogP contribution in [0, 0.1) is 0 Å². The smallest absolute Gasteiger partial charge is 0.169 e. The van der Waals surface area contributed by atoms with Gasteiger partial charge in [-0.1, -0.05) is 58.0 Å². The zero-order valence-electron chi connectivity index (χ0n) is 24.1. The molecule has 0 fully saturated rings. The van der Waals surface area contributed by atoms with Gasteiger partial charge in [0.1, 0.15) is 20.6 Å². The molecule has 0 saturated carbocycles. The molecule has 0 radical (unpaired) electrons. The van der Waals surface area contributed by atoms with Crippen LogP contribution >= 0.6 is 11.3 Å². The first kappa shape index (κ1) is 29.9. The zero-order valence-corrected chi connectivity index (χ0v) is 25.8. The first-order valence-electron chi connectivity index (χ1n) is 13.3. The molecule has 3 aromatic carbocycles. The normalized spacial score (nSPS) is 13.6. The monoisotopic (exact) mass is 578 g/mol. The van der Waals surface area contributed by atoms with Crippen LogP contribution in [0.25, 0.3) is 21.9 Å². The Bertz CT molecular complexity index is 1660. The predicted octanol–water partition coefficient (Wildman–Crippen LogP) is 6.58. The molecule has 4 aromatic rings. The number of carbonyl (C=O) groups excluding carboxylic acids is 1. The SMILES string of the molecule is COc1ccc2cc(-c3cc(C(C)C)c(CC(=O)C=S(N)(=O)c4cnc(C(C)(C)O)s4)c(C(C)C)c3)ccc2c1. The molecule has 4 rings (SSSR count). The number of aromatic nitrogens is 1. The Morgan fingerprint density at radius 2 is 1.62 bits per heavy atom. The summed E-state index contributed by atoms with van der Waals surface area (Å²) in [5.41, 5.74) is 4.14. The van der Waals surface area contributed by atoms with Gasteiger partial charge in [0.2, 0.25) is 0 Å². The molecule has 0 amide bonds. The van der Waals surface area contributed by atoms with Crippen LogP contribution in [0.3, 0.4) is 0 Å². The Kier molecular flexibility index (Phi) is 8.57. The van der Waals surface area contributed by atoms with E-state index in [9.17, 15) is 14.1 Å². The molecule has 40 heavy (non-hydrogen) atoms. The molecule has 0 saturated heterocycles. The largest absolute Gasteiger partial charge is 0.497 e. The molecule has 1 heterocycles. The van der Waals surface area contributed by atoms with Crippen molar-refractivity contribution in [3.05, 3.63) is 76.4 Å². The molecule has 0 spiro atoms. The number of nitrogens with zero attached hydrogens (tertiary/aromatic N) is 1. The van der Waals surface area contributed by atoms with Crippen molar-refractivity contribution in [2.24, 2.45) is 5.14 Å². The van der Waals surface area contributed by atoms with Crippen molar-refractivity contribution in [1.29, 1.82) is 0 Å². The van der Waals surface area contributed by atoms with E-state index >= 15 is 0 Å². The van der Waals surface area contributed by atoms with E-state index < -0.39 is 15.3 Å². The second-order valence-corrected chi connectivity index (χ2v) is 14.6. The number of benzene rings is 3. The van der Waals surface area contributed by atoms with E-state index in [4.69, 9.17) is 9.88 Å².